The van der Waals surface area contributed by atoms with Crippen LogP contribution in [0.1, 0.15) is 30.3 Å². The van der Waals surface area contributed by atoms with Gasteiger partial charge in [-0.25, -0.2) is 0 Å². The van der Waals surface area contributed by atoms with Crippen LogP contribution < -0.4 is 5.73 Å². The second kappa shape index (κ2) is 6.03. The first-order valence-corrected chi connectivity index (χ1v) is 7.68. The van der Waals surface area contributed by atoms with Crippen LogP contribution in [0.4, 0.5) is 0 Å². The predicted molar refractivity (Wildman–Crippen MR) is 79.3 cm³/mol. The molecule has 0 spiro atoms. The Morgan fingerprint density at radius 1 is 1.37 bits per heavy atom. The number of thiophene rings is 1. The number of amides is 1. The topological polar surface area (TPSA) is 49.6 Å². The summed E-state index contributed by atoms with van der Waals surface area (Å²) in [5.41, 5.74) is 7.53. The minimum atomic E-state index is 0.0984. The Morgan fingerprint density at radius 2 is 2.00 bits per heavy atom. The van der Waals surface area contributed by atoms with Gasteiger partial charge in [-0.2, -0.15) is 0 Å². The molecule has 1 fully saturated rings. The molecule has 1 aliphatic rings. The third kappa shape index (κ3) is 3.16. The Morgan fingerprint density at radius 3 is 2.42 bits per heavy atom. The van der Waals surface area contributed by atoms with Crippen LogP contribution in [0.2, 0.25) is 0 Å². The monoisotopic (exact) mass is 281 g/mol. The maximum absolute atomic E-state index is 11.4. The molecule has 1 saturated heterocycles. The number of carbonyl (C=O) groups is 1. The fourth-order valence-corrected chi connectivity index (χ4v) is 3.92. The Kier molecular flexibility index (Phi) is 4.60. The fraction of sp³-hybridized carbons (Fsp3) is 0.643. The van der Waals surface area contributed by atoms with Crippen LogP contribution >= 0.6 is 11.3 Å². The first-order chi connectivity index (χ1) is 9.00. The lowest BCUT2D eigenvalue weighted by Gasteiger charge is -2.40. The van der Waals surface area contributed by atoms with Gasteiger partial charge >= 0.3 is 0 Å². The van der Waals surface area contributed by atoms with Crippen LogP contribution in [0.3, 0.4) is 0 Å². The van der Waals surface area contributed by atoms with Gasteiger partial charge in [0.1, 0.15) is 0 Å². The van der Waals surface area contributed by atoms with Crippen LogP contribution in [0.15, 0.2) is 11.4 Å². The molecule has 1 aromatic heterocycles. The van der Waals surface area contributed by atoms with E-state index in [-0.39, 0.29) is 18.0 Å². The molecule has 4 nitrogen and oxygen atoms in total. The molecule has 2 unspecified atom stereocenters. The van der Waals surface area contributed by atoms with E-state index in [9.17, 15) is 4.79 Å². The van der Waals surface area contributed by atoms with E-state index < -0.39 is 0 Å². The first kappa shape index (κ1) is 14.5. The molecule has 0 saturated carbocycles. The summed E-state index contributed by atoms with van der Waals surface area (Å²) in [6.45, 7) is 9.29. The van der Waals surface area contributed by atoms with Crippen molar-refractivity contribution in [1.82, 2.24) is 9.80 Å². The van der Waals surface area contributed by atoms with Crippen LogP contribution in [-0.4, -0.2) is 47.9 Å². The fourth-order valence-electron chi connectivity index (χ4n) is 2.74. The second-order valence-corrected chi connectivity index (χ2v) is 6.26. The van der Waals surface area contributed by atoms with Crippen molar-refractivity contribution in [2.45, 2.75) is 32.9 Å². The molecule has 2 atom stereocenters. The molecule has 0 aromatic carbocycles. The average Bonchev–Trinajstić information content (AvgIpc) is 2.76. The van der Waals surface area contributed by atoms with Crippen LogP contribution in [0.5, 0.6) is 0 Å². The molecule has 2 N–H and O–H groups in total. The van der Waals surface area contributed by atoms with Gasteiger partial charge < -0.3 is 10.6 Å². The van der Waals surface area contributed by atoms with E-state index in [4.69, 9.17) is 5.73 Å². The maximum Gasteiger partial charge on any atom is 0.219 e. The van der Waals surface area contributed by atoms with Crippen molar-refractivity contribution in [2.75, 3.05) is 26.2 Å². The highest BCUT2D eigenvalue weighted by Gasteiger charge is 2.29. The summed E-state index contributed by atoms with van der Waals surface area (Å²) in [7, 11) is 0. The molecule has 2 heterocycles. The maximum atomic E-state index is 11.4. The summed E-state index contributed by atoms with van der Waals surface area (Å²) in [6, 6.07) is 2.52. The molecule has 1 amide bonds. The summed E-state index contributed by atoms with van der Waals surface area (Å²) in [5, 5.41) is 2.13. The van der Waals surface area contributed by atoms with E-state index in [1.54, 1.807) is 18.3 Å². The minimum absolute atomic E-state index is 0.0984. The summed E-state index contributed by atoms with van der Waals surface area (Å²) >= 11 is 1.78. The number of hydrogen-bond acceptors (Lipinski definition) is 4. The second-order valence-electron chi connectivity index (χ2n) is 5.31. The van der Waals surface area contributed by atoms with Crippen molar-refractivity contribution in [3.05, 3.63) is 21.9 Å². The molecule has 106 valence electrons. The van der Waals surface area contributed by atoms with Crippen LogP contribution in [0, 0.1) is 6.92 Å². The van der Waals surface area contributed by atoms with E-state index in [2.05, 4.69) is 30.2 Å². The quantitative estimate of drug-likeness (QED) is 0.916. The van der Waals surface area contributed by atoms with E-state index >= 15 is 0 Å². The van der Waals surface area contributed by atoms with Gasteiger partial charge in [0.2, 0.25) is 5.91 Å². The van der Waals surface area contributed by atoms with E-state index in [0.717, 1.165) is 26.2 Å². The number of nitrogens with two attached hydrogens (primary N) is 1. The highest BCUT2D eigenvalue weighted by atomic mass is 32.1. The molecule has 1 aromatic rings. The Hall–Kier alpha value is -0.910. The number of piperazine rings is 1. The molecule has 1 aliphatic heterocycles. The molecule has 0 radical (unpaired) electrons. The predicted octanol–water partition coefficient (Wildman–Crippen LogP) is 1.61. The van der Waals surface area contributed by atoms with Gasteiger partial charge in [0, 0.05) is 44.0 Å². The first-order valence-electron chi connectivity index (χ1n) is 6.80. The number of rotatable bonds is 3. The zero-order chi connectivity index (χ0) is 14.0. The van der Waals surface area contributed by atoms with Gasteiger partial charge in [0.15, 0.2) is 0 Å². The molecule has 5 heteroatoms. The van der Waals surface area contributed by atoms with Crippen molar-refractivity contribution in [1.29, 1.82) is 0 Å². The van der Waals surface area contributed by atoms with Gasteiger partial charge in [0.25, 0.3) is 0 Å². The van der Waals surface area contributed by atoms with Gasteiger partial charge in [-0.1, -0.05) is 0 Å². The van der Waals surface area contributed by atoms with Gasteiger partial charge in [-0.15, -0.1) is 11.3 Å². The van der Waals surface area contributed by atoms with Gasteiger partial charge in [0.05, 0.1) is 6.04 Å². The van der Waals surface area contributed by atoms with E-state index in [0.29, 0.717) is 0 Å². The standard InChI is InChI=1S/C14H23N3OS/c1-10-4-9-19-14(10)13(11(2)15)17-7-5-16(6-8-17)12(3)18/h4,9,11,13H,5-8,15H2,1-3H3. The zero-order valence-corrected chi connectivity index (χ0v) is 12.7. The summed E-state index contributed by atoms with van der Waals surface area (Å²) in [4.78, 5) is 17.1. The largest absolute Gasteiger partial charge is 0.340 e. The molecule has 0 bridgehead atoms. The van der Waals surface area contributed by atoms with Gasteiger partial charge in [-0.05, 0) is 30.9 Å². The third-order valence-corrected chi connectivity index (χ3v) is 4.91. The molecule has 2 rings (SSSR count). The van der Waals surface area contributed by atoms with Gasteiger partial charge in [-0.3, -0.25) is 9.69 Å². The zero-order valence-electron chi connectivity index (χ0n) is 11.9. The Bertz CT molecular complexity index is 436. The molecular formula is C14H23N3OS. The highest BCUT2D eigenvalue weighted by molar-refractivity contribution is 7.10. The van der Waals surface area contributed by atoms with Crippen molar-refractivity contribution in [3.8, 4) is 0 Å². The van der Waals surface area contributed by atoms with E-state index in [1.807, 2.05) is 4.90 Å². The van der Waals surface area contributed by atoms with Crippen molar-refractivity contribution in [3.63, 3.8) is 0 Å². The Labute approximate surface area is 119 Å². The number of carbonyl (C=O) groups excluding carboxylic acids is 1. The summed E-state index contributed by atoms with van der Waals surface area (Å²) in [6.07, 6.45) is 0. The van der Waals surface area contributed by atoms with Crippen molar-refractivity contribution >= 4 is 17.2 Å². The van der Waals surface area contributed by atoms with E-state index in [1.165, 1.54) is 10.4 Å². The SMILES string of the molecule is CC(=O)N1CCN(C(c2sccc2C)C(C)N)CC1. The minimum Gasteiger partial charge on any atom is -0.340 e. The Balaban J connectivity index is 2.10. The lowest BCUT2D eigenvalue weighted by Crippen LogP contribution is -2.51. The molecular weight excluding hydrogens is 258 g/mol. The third-order valence-electron chi connectivity index (χ3n) is 3.82. The average molecular weight is 281 g/mol. The summed E-state index contributed by atoms with van der Waals surface area (Å²) < 4.78 is 0. The van der Waals surface area contributed by atoms with Crippen LogP contribution in [-0.2, 0) is 4.79 Å². The lowest BCUT2D eigenvalue weighted by molar-refractivity contribution is -0.130. The molecule has 0 aliphatic carbocycles. The van der Waals surface area contributed by atoms with Crippen LogP contribution in [0.25, 0.3) is 0 Å². The summed E-state index contributed by atoms with van der Waals surface area (Å²) in [5.74, 6) is 0.171. The molecule has 19 heavy (non-hydrogen) atoms. The normalized spacial score (nSPS) is 20.3. The number of hydrogen-bond donors (Lipinski definition) is 1. The van der Waals surface area contributed by atoms with Crippen molar-refractivity contribution in [2.24, 2.45) is 5.73 Å². The number of aryl methyl sites for hydroxylation is 1. The lowest BCUT2D eigenvalue weighted by atomic mass is 10.0. The smallest absolute Gasteiger partial charge is 0.219 e. The number of nitrogens with zero attached hydrogens (tertiary/aromatic N) is 2. The van der Waals surface area contributed by atoms with Crippen molar-refractivity contribution < 1.29 is 4.79 Å². The highest BCUT2D eigenvalue weighted by Crippen LogP contribution is 2.31.